The molecule has 0 aliphatic carbocycles. The third-order valence-corrected chi connectivity index (χ3v) is 3.37. The summed E-state index contributed by atoms with van der Waals surface area (Å²) in [4.78, 5) is 14.2. The van der Waals surface area contributed by atoms with Gasteiger partial charge in [-0.25, -0.2) is 0 Å². The lowest BCUT2D eigenvalue weighted by molar-refractivity contribution is -0.148. The Morgan fingerprint density at radius 2 is 2.25 bits per heavy atom. The van der Waals surface area contributed by atoms with E-state index in [1.165, 1.54) is 0 Å². The molecule has 16 heavy (non-hydrogen) atoms. The van der Waals surface area contributed by atoms with Crippen molar-refractivity contribution >= 4 is 18.3 Å². The van der Waals surface area contributed by atoms with Gasteiger partial charge in [0.15, 0.2) is 0 Å². The van der Waals surface area contributed by atoms with Crippen molar-refractivity contribution in [1.29, 1.82) is 0 Å². The predicted octanol–water partition coefficient (Wildman–Crippen LogP) is 0.798. The van der Waals surface area contributed by atoms with E-state index in [2.05, 4.69) is 19.2 Å². The molecule has 2 rings (SSSR count). The largest absolute Gasteiger partial charge is 0.366 e. The van der Waals surface area contributed by atoms with Gasteiger partial charge in [-0.15, -0.1) is 12.4 Å². The number of carbonyl (C=O) groups is 1. The fourth-order valence-corrected chi connectivity index (χ4v) is 2.41. The van der Waals surface area contributed by atoms with Crippen LogP contribution in [0.25, 0.3) is 0 Å². The van der Waals surface area contributed by atoms with E-state index in [1.54, 1.807) is 0 Å². The molecule has 1 N–H and O–H groups in total. The molecule has 0 bridgehead atoms. The average Bonchev–Trinajstić information content (AvgIpc) is 2.58. The molecule has 0 radical (unpaired) electrons. The van der Waals surface area contributed by atoms with Crippen molar-refractivity contribution in [3.8, 4) is 0 Å². The highest BCUT2D eigenvalue weighted by Gasteiger charge is 2.38. The van der Waals surface area contributed by atoms with Gasteiger partial charge in [-0.2, -0.15) is 0 Å². The van der Waals surface area contributed by atoms with Crippen LogP contribution >= 0.6 is 12.4 Å². The number of nitrogens with zero attached hydrogens (tertiary/aromatic N) is 1. The summed E-state index contributed by atoms with van der Waals surface area (Å²) in [6, 6.07) is 0. The fraction of sp³-hybridized carbons (Fsp3) is 0.909. The van der Waals surface area contributed by atoms with Crippen LogP contribution in [0, 0.1) is 0 Å². The van der Waals surface area contributed by atoms with Crippen molar-refractivity contribution in [1.82, 2.24) is 10.2 Å². The second kappa shape index (κ2) is 5.34. The zero-order valence-corrected chi connectivity index (χ0v) is 10.8. The van der Waals surface area contributed by atoms with Gasteiger partial charge >= 0.3 is 0 Å². The summed E-state index contributed by atoms with van der Waals surface area (Å²) in [6.07, 6.45) is 1.94. The van der Waals surface area contributed by atoms with Gasteiger partial charge in [0.05, 0.1) is 6.61 Å². The molecule has 0 aromatic heterocycles. The standard InChI is InChI=1S/C11H20N2O2.ClH/c1-11(2)4-3-6-13(11)10(14)9-8-12-5-7-15-9;/h9,12H,3-8H2,1-2H3;1H/t9-;/m1./s1. The molecule has 2 saturated heterocycles. The van der Waals surface area contributed by atoms with Gasteiger partial charge in [0.2, 0.25) is 0 Å². The van der Waals surface area contributed by atoms with Crippen LogP contribution in [0.4, 0.5) is 0 Å². The van der Waals surface area contributed by atoms with Gasteiger partial charge in [0.1, 0.15) is 6.10 Å². The van der Waals surface area contributed by atoms with Crippen molar-refractivity contribution in [3.63, 3.8) is 0 Å². The van der Waals surface area contributed by atoms with E-state index in [-0.39, 0.29) is 30.0 Å². The summed E-state index contributed by atoms with van der Waals surface area (Å²) >= 11 is 0. The molecule has 2 fully saturated rings. The number of halogens is 1. The molecule has 0 unspecified atom stereocenters. The Kier molecular flexibility index (Phi) is 4.59. The van der Waals surface area contributed by atoms with Crippen LogP contribution in [-0.4, -0.2) is 48.7 Å². The number of amides is 1. The first-order valence-electron chi connectivity index (χ1n) is 5.75. The SMILES string of the molecule is CC1(C)CCCN1C(=O)[C@H]1CNCCO1.Cl. The van der Waals surface area contributed by atoms with Crippen LogP contribution in [0.2, 0.25) is 0 Å². The maximum atomic E-state index is 12.2. The number of morpholine rings is 1. The van der Waals surface area contributed by atoms with Crippen molar-refractivity contribution in [2.24, 2.45) is 0 Å². The Labute approximate surface area is 103 Å². The topological polar surface area (TPSA) is 41.6 Å². The second-order valence-electron chi connectivity index (χ2n) is 4.97. The van der Waals surface area contributed by atoms with Crippen LogP contribution in [0.3, 0.4) is 0 Å². The van der Waals surface area contributed by atoms with Crippen molar-refractivity contribution in [2.75, 3.05) is 26.2 Å². The third kappa shape index (κ3) is 2.67. The van der Waals surface area contributed by atoms with Gasteiger partial charge in [0, 0.05) is 25.2 Å². The highest BCUT2D eigenvalue weighted by Crippen LogP contribution is 2.29. The molecule has 5 heteroatoms. The van der Waals surface area contributed by atoms with Crippen molar-refractivity contribution in [3.05, 3.63) is 0 Å². The van der Waals surface area contributed by atoms with E-state index in [1.807, 2.05) is 4.90 Å². The highest BCUT2D eigenvalue weighted by molar-refractivity contribution is 5.85. The Bertz CT molecular complexity index is 252. The molecule has 94 valence electrons. The molecule has 0 aromatic carbocycles. The molecule has 2 aliphatic rings. The number of hydrogen-bond acceptors (Lipinski definition) is 3. The molecule has 2 heterocycles. The number of carbonyl (C=O) groups excluding carboxylic acids is 1. The van der Waals surface area contributed by atoms with Gasteiger partial charge in [0.25, 0.3) is 5.91 Å². The number of likely N-dealkylation sites (tertiary alicyclic amines) is 1. The van der Waals surface area contributed by atoms with E-state index >= 15 is 0 Å². The van der Waals surface area contributed by atoms with E-state index in [0.29, 0.717) is 13.2 Å². The zero-order chi connectivity index (χ0) is 10.9. The molecule has 1 amide bonds. The van der Waals surface area contributed by atoms with Crippen LogP contribution in [-0.2, 0) is 9.53 Å². The van der Waals surface area contributed by atoms with E-state index in [4.69, 9.17) is 4.74 Å². The average molecular weight is 249 g/mol. The lowest BCUT2D eigenvalue weighted by atomic mass is 10.0. The van der Waals surface area contributed by atoms with Crippen LogP contribution in [0.15, 0.2) is 0 Å². The van der Waals surface area contributed by atoms with Gasteiger partial charge in [-0.05, 0) is 26.7 Å². The molecule has 0 aromatic rings. The van der Waals surface area contributed by atoms with Gasteiger partial charge in [-0.3, -0.25) is 4.79 Å². The van der Waals surface area contributed by atoms with Gasteiger partial charge < -0.3 is 15.0 Å². The van der Waals surface area contributed by atoms with E-state index in [0.717, 1.165) is 25.9 Å². The summed E-state index contributed by atoms with van der Waals surface area (Å²) in [6.45, 7) is 7.30. The van der Waals surface area contributed by atoms with Crippen LogP contribution in [0.1, 0.15) is 26.7 Å². The maximum Gasteiger partial charge on any atom is 0.253 e. The number of ether oxygens (including phenoxy) is 1. The number of hydrogen-bond donors (Lipinski definition) is 1. The molecule has 0 saturated carbocycles. The van der Waals surface area contributed by atoms with Crippen LogP contribution in [0.5, 0.6) is 0 Å². The van der Waals surface area contributed by atoms with Crippen molar-refractivity contribution in [2.45, 2.75) is 38.3 Å². The van der Waals surface area contributed by atoms with E-state index in [9.17, 15) is 4.79 Å². The highest BCUT2D eigenvalue weighted by atomic mass is 35.5. The smallest absolute Gasteiger partial charge is 0.253 e. The van der Waals surface area contributed by atoms with Crippen molar-refractivity contribution < 1.29 is 9.53 Å². The first kappa shape index (κ1) is 13.7. The minimum atomic E-state index is -0.267. The normalized spacial score (nSPS) is 28.6. The molecular formula is C11H21ClN2O2. The Morgan fingerprint density at radius 1 is 1.50 bits per heavy atom. The minimum absolute atomic E-state index is 0. The summed E-state index contributed by atoms with van der Waals surface area (Å²) in [5.74, 6) is 0.157. The number of nitrogens with one attached hydrogen (secondary N) is 1. The molecule has 0 spiro atoms. The summed E-state index contributed by atoms with van der Waals surface area (Å²) in [7, 11) is 0. The first-order valence-corrected chi connectivity index (χ1v) is 5.75. The summed E-state index contributed by atoms with van der Waals surface area (Å²) < 4.78 is 5.49. The molecule has 1 atom stereocenters. The zero-order valence-electron chi connectivity index (χ0n) is 9.99. The monoisotopic (exact) mass is 248 g/mol. The second-order valence-corrected chi connectivity index (χ2v) is 4.97. The third-order valence-electron chi connectivity index (χ3n) is 3.37. The van der Waals surface area contributed by atoms with Gasteiger partial charge in [-0.1, -0.05) is 0 Å². The lowest BCUT2D eigenvalue weighted by Crippen LogP contribution is -2.53. The Morgan fingerprint density at radius 3 is 2.75 bits per heavy atom. The summed E-state index contributed by atoms with van der Waals surface area (Å²) in [5, 5.41) is 3.19. The van der Waals surface area contributed by atoms with Crippen LogP contribution < -0.4 is 5.32 Å². The predicted molar refractivity (Wildman–Crippen MR) is 64.9 cm³/mol. The maximum absolute atomic E-state index is 12.2. The van der Waals surface area contributed by atoms with E-state index < -0.39 is 0 Å². The number of rotatable bonds is 1. The molecular weight excluding hydrogens is 228 g/mol. The minimum Gasteiger partial charge on any atom is -0.366 e. The molecule has 2 aliphatic heterocycles. The fourth-order valence-electron chi connectivity index (χ4n) is 2.41. The molecule has 4 nitrogen and oxygen atoms in total. The lowest BCUT2D eigenvalue weighted by Gasteiger charge is -2.35. The Balaban J connectivity index is 0.00000128. The quantitative estimate of drug-likeness (QED) is 0.746. The Hall–Kier alpha value is -0.320. The summed E-state index contributed by atoms with van der Waals surface area (Å²) in [5.41, 5.74) is 0.0118. The first-order chi connectivity index (χ1) is 7.11.